The topological polar surface area (TPSA) is 136 Å². The summed E-state index contributed by atoms with van der Waals surface area (Å²) in [6.45, 7) is 3.61. The minimum absolute atomic E-state index is 0.0103. The molecule has 0 aliphatic rings. The molecule has 2 rings (SSSR count). The van der Waals surface area contributed by atoms with Crippen LogP contribution in [-0.4, -0.2) is 49.2 Å². The molecular weight excluding hydrogens is 457 g/mol. The van der Waals surface area contributed by atoms with Crippen LogP contribution in [0.1, 0.15) is 25.8 Å². The van der Waals surface area contributed by atoms with Gasteiger partial charge in [0.1, 0.15) is 0 Å². The van der Waals surface area contributed by atoms with Gasteiger partial charge in [-0.15, -0.1) is 0 Å². The molecular formula is C21H24FN3O7S. The van der Waals surface area contributed by atoms with E-state index in [0.29, 0.717) is 18.7 Å². The second-order valence-corrected chi connectivity index (χ2v) is 8.80. The summed E-state index contributed by atoms with van der Waals surface area (Å²) in [5, 5.41) is 13.0. The van der Waals surface area contributed by atoms with Gasteiger partial charge in [0.2, 0.25) is 15.8 Å². The van der Waals surface area contributed by atoms with Crippen LogP contribution in [0.5, 0.6) is 0 Å². The van der Waals surface area contributed by atoms with Crippen molar-refractivity contribution >= 4 is 33.3 Å². The van der Waals surface area contributed by atoms with Crippen molar-refractivity contribution in [2.75, 3.05) is 25.0 Å². The van der Waals surface area contributed by atoms with Crippen molar-refractivity contribution in [1.29, 1.82) is 0 Å². The number of hydrogen-bond donors (Lipinski definition) is 1. The molecule has 0 atom stereocenters. The number of sulfonamides is 1. The Morgan fingerprint density at radius 3 is 2.33 bits per heavy atom. The van der Waals surface area contributed by atoms with Crippen molar-refractivity contribution in [3.8, 4) is 0 Å². The molecule has 0 spiro atoms. The molecule has 0 fully saturated rings. The second kappa shape index (κ2) is 11.5. The third-order valence-electron chi connectivity index (χ3n) is 4.68. The first kappa shape index (κ1) is 25.9. The van der Waals surface area contributed by atoms with E-state index in [0.717, 1.165) is 18.2 Å². The van der Waals surface area contributed by atoms with Crippen LogP contribution in [0.4, 0.5) is 15.8 Å². The summed E-state index contributed by atoms with van der Waals surface area (Å²) in [6.07, 6.45) is 0.230. The van der Waals surface area contributed by atoms with Gasteiger partial charge in [0, 0.05) is 31.3 Å². The first-order valence-electron chi connectivity index (χ1n) is 10.1. The lowest BCUT2D eigenvalue weighted by Crippen LogP contribution is -2.30. The van der Waals surface area contributed by atoms with Gasteiger partial charge in [0.15, 0.2) is 6.61 Å². The highest BCUT2D eigenvalue weighted by Gasteiger charge is 2.21. The first-order valence-corrected chi connectivity index (χ1v) is 11.5. The van der Waals surface area contributed by atoms with Crippen molar-refractivity contribution in [3.63, 3.8) is 0 Å². The van der Waals surface area contributed by atoms with Crippen LogP contribution in [0.2, 0.25) is 0 Å². The lowest BCUT2D eigenvalue weighted by molar-refractivity contribution is -0.387. The molecule has 0 saturated carbocycles. The zero-order valence-electron chi connectivity index (χ0n) is 18.1. The molecule has 33 heavy (non-hydrogen) atoms. The maximum Gasteiger partial charge on any atom is 0.306 e. The Kier molecular flexibility index (Phi) is 9.00. The molecule has 0 radical (unpaired) electrons. The summed E-state index contributed by atoms with van der Waals surface area (Å²) in [4.78, 5) is 33.8. The molecule has 0 unspecified atom stereocenters. The molecule has 0 aliphatic carbocycles. The van der Waals surface area contributed by atoms with Crippen molar-refractivity contribution < 1.29 is 32.1 Å². The summed E-state index contributed by atoms with van der Waals surface area (Å²) < 4.78 is 44.5. The fraction of sp³-hybridized carbons (Fsp3) is 0.333. The van der Waals surface area contributed by atoms with Crippen LogP contribution < -0.4 is 5.32 Å². The molecule has 1 amide bonds. The zero-order valence-corrected chi connectivity index (χ0v) is 18.9. The Labute approximate surface area is 190 Å². The number of hydrogen-bond acceptors (Lipinski definition) is 7. The summed E-state index contributed by atoms with van der Waals surface area (Å²) in [6, 6.07) is 9.02. The van der Waals surface area contributed by atoms with Crippen LogP contribution in [0.3, 0.4) is 0 Å². The Morgan fingerprint density at radius 1 is 1.12 bits per heavy atom. The van der Waals surface area contributed by atoms with Gasteiger partial charge in [-0.1, -0.05) is 26.0 Å². The van der Waals surface area contributed by atoms with E-state index in [4.69, 9.17) is 4.74 Å². The SMILES string of the molecule is CCN(CC)S(=O)(=O)c1ccc(CCC(=O)OCC(=O)Nc2ccc(F)c([N+](=O)[O-])c2)cc1. The van der Waals surface area contributed by atoms with E-state index in [1.54, 1.807) is 26.0 Å². The molecule has 0 aromatic heterocycles. The van der Waals surface area contributed by atoms with E-state index in [-0.39, 0.29) is 23.4 Å². The Hall–Kier alpha value is -3.38. The van der Waals surface area contributed by atoms with E-state index < -0.39 is 44.9 Å². The van der Waals surface area contributed by atoms with Gasteiger partial charge in [0.25, 0.3) is 5.91 Å². The van der Waals surface area contributed by atoms with E-state index in [1.165, 1.54) is 16.4 Å². The van der Waals surface area contributed by atoms with E-state index in [2.05, 4.69) is 5.32 Å². The van der Waals surface area contributed by atoms with Crippen molar-refractivity contribution in [2.45, 2.75) is 31.6 Å². The number of carbonyl (C=O) groups is 2. The Morgan fingerprint density at radius 2 is 1.76 bits per heavy atom. The summed E-state index contributed by atoms with van der Waals surface area (Å²) >= 11 is 0. The fourth-order valence-corrected chi connectivity index (χ4v) is 4.39. The first-order chi connectivity index (χ1) is 15.6. The molecule has 0 bridgehead atoms. The van der Waals surface area contributed by atoms with Gasteiger partial charge < -0.3 is 10.1 Å². The molecule has 0 aliphatic heterocycles. The summed E-state index contributed by atoms with van der Waals surface area (Å²) in [7, 11) is -3.56. The molecule has 178 valence electrons. The molecule has 0 heterocycles. The number of amides is 1. The molecule has 2 aromatic rings. The molecule has 1 N–H and O–H groups in total. The number of nitrogens with one attached hydrogen (secondary N) is 1. The zero-order chi connectivity index (χ0) is 24.6. The predicted octanol–water partition coefficient (Wildman–Crippen LogP) is 2.88. The average Bonchev–Trinajstić information content (AvgIpc) is 2.78. The number of benzene rings is 2. The number of carbonyl (C=O) groups excluding carboxylic acids is 2. The van der Waals surface area contributed by atoms with E-state index >= 15 is 0 Å². The summed E-state index contributed by atoms with van der Waals surface area (Å²) in [5.41, 5.74) is -0.0851. The number of nitro groups is 1. The Bertz CT molecular complexity index is 1120. The number of anilines is 1. The summed E-state index contributed by atoms with van der Waals surface area (Å²) in [5.74, 6) is -2.44. The van der Waals surface area contributed by atoms with Gasteiger partial charge in [-0.3, -0.25) is 19.7 Å². The largest absolute Gasteiger partial charge is 0.456 e. The lowest BCUT2D eigenvalue weighted by atomic mass is 10.1. The maximum atomic E-state index is 13.3. The number of ether oxygens (including phenoxy) is 1. The molecule has 2 aromatic carbocycles. The third-order valence-corrected chi connectivity index (χ3v) is 6.74. The average molecular weight is 482 g/mol. The van der Waals surface area contributed by atoms with Gasteiger partial charge in [-0.2, -0.15) is 8.70 Å². The number of esters is 1. The van der Waals surface area contributed by atoms with Crippen LogP contribution in [0.25, 0.3) is 0 Å². The fourth-order valence-electron chi connectivity index (χ4n) is 2.93. The quantitative estimate of drug-likeness (QED) is 0.296. The minimum Gasteiger partial charge on any atom is -0.456 e. The van der Waals surface area contributed by atoms with E-state index in [1.807, 2.05) is 0 Å². The van der Waals surface area contributed by atoms with Crippen LogP contribution >= 0.6 is 0 Å². The Balaban J connectivity index is 1.84. The monoisotopic (exact) mass is 481 g/mol. The van der Waals surface area contributed by atoms with Gasteiger partial charge in [-0.05, 0) is 36.2 Å². The van der Waals surface area contributed by atoms with Crippen molar-refractivity contribution in [1.82, 2.24) is 4.31 Å². The minimum atomic E-state index is -3.56. The van der Waals surface area contributed by atoms with Crippen molar-refractivity contribution in [3.05, 3.63) is 64.0 Å². The third kappa shape index (κ3) is 7.05. The lowest BCUT2D eigenvalue weighted by Gasteiger charge is -2.18. The highest BCUT2D eigenvalue weighted by Crippen LogP contribution is 2.21. The molecule has 12 heteroatoms. The number of rotatable bonds is 11. The van der Waals surface area contributed by atoms with Gasteiger partial charge in [0.05, 0.1) is 9.82 Å². The molecule has 10 nitrogen and oxygen atoms in total. The number of nitro benzene ring substituents is 1. The second-order valence-electron chi connectivity index (χ2n) is 6.87. The van der Waals surface area contributed by atoms with Crippen LogP contribution in [0, 0.1) is 15.9 Å². The predicted molar refractivity (Wildman–Crippen MR) is 118 cm³/mol. The number of nitrogens with zero attached hydrogens (tertiary/aromatic N) is 2. The van der Waals surface area contributed by atoms with Gasteiger partial charge >= 0.3 is 11.7 Å². The highest BCUT2D eigenvalue weighted by atomic mass is 32.2. The highest BCUT2D eigenvalue weighted by molar-refractivity contribution is 7.89. The van der Waals surface area contributed by atoms with Gasteiger partial charge in [-0.25, -0.2) is 8.42 Å². The standard InChI is InChI=1S/C21H24FN3O7S/c1-3-24(4-2)33(30,31)17-9-5-15(6-10-17)7-12-21(27)32-14-20(26)23-16-8-11-18(22)19(13-16)25(28)29/h5-6,8-11,13H,3-4,7,12,14H2,1-2H3,(H,23,26). The van der Waals surface area contributed by atoms with E-state index in [9.17, 15) is 32.5 Å². The smallest absolute Gasteiger partial charge is 0.306 e. The van der Waals surface area contributed by atoms with Crippen LogP contribution in [-0.2, 0) is 30.8 Å². The number of aryl methyl sites for hydroxylation is 1. The van der Waals surface area contributed by atoms with Crippen LogP contribution in [0.15, 0.2) is 47.4 Å². The molecule has 0 saturated heterocycles. The number of halogens is 1. The van der Waals surface area contributed by atoms with Crippen molar-refractivity contribution in [2.24, 2.45) is 0 Å². The normalized spacial score (nSPS) is 11.3. The maximum absolute atomic E-state index is 13.3.